The summed E-state index contributed by atoms with van der Waals surface area (Å²) in [6.45, 7) is 5.26. The highest BCUT2D eigenvalue weighted by molar-refractivity contribution is 7.15. The topological polar surface area (TPSA) is 16.1 Å². The van der Waals surface area contributed by atoms with E-state index in [1.807, 2.05) is 0 Å². The van der Waals surface area contributed by atoms with E-state index in [2.05, 4.69) is 30.8 Å². The van der Waals surface area contributed by atoms with Crippen molar-refractivity contribution in [2.45, 2.75) is 33.1 Å². The van der Waals surface area contributed by atoms with Gasteiger partial charge in [0.15, 0.2) is 5.13 Å². The number of nitrogens with zero attached hydrogens (tertiary/aromatic N) is 2. The van der Waals surface area contributed by atoms with E-state index in [0.29, 0.717) is 0 Å². The Morgan fingerprint density at radius 2 is 2.00 bits per heavy atom. The van der Waals surface area contributed by atoms with Crippen molar-refractivity contribution in [3.05, 3.63) is 10.6 Å². The zero-order valence-electron chi connectivity index (χ0n) is 9.72. The molecule has 0 N–H and O–H groups in total. The highest BCUT2D eigenvalue weighted by Crippen LogP contribution is 2.24. The van der Waals surface area contributed by atoms with Crippen LogP contribution < -0.4 is 4.90 Å². The Morgan fingerprint density at radius 1 is 1.27 bits per heavy atom. The molecule has 0 spiro atoms. The summed E-state index contributed by atoms with van der Waals surface area (Å²) < 4.78 is 0. The van der Waals surface area contributed by atoms with Gasteiger partial charge in [-0.25, -0.2) is 4.98 Å². The zero-order chi connectivity index (χ0) is 11.3. The maximum atomic E-state index is 5.63. The largest absolute Gasteiger partial charge is 0.351 e. The van der Waals surface area contributed by atoms with Crippen LogP contribution in [0.1, 0.15) is 29.8 Å². The second-order valence-electron chi connectivity index (χ2n) is 3.81. The number of aryl methyl sites for hydroxylation is 2. The molecule has 0 saturated carbocycles. The Kier molecular flexibility index (Phi) is 5.40. The van der Waals surface area contributed by atoms with Crippen LogP contribution in [0.2, 0.25) is 0 Å². The third-order valence-corrected chi connectivity index (χ3v) is 3.93. The van der Waals surface area contributed by atoms with E-state index in [9.17, 15) is 0 Å². The fraction of sp³-hybridized carbons (Fsp3) is 0.727. The summed E-state index contributed by atoms with van der Waals surface area (Å²) in [7, 11) is 2.11. The molecule has 0 amide bonds. The number of unbranched alkanes of at least 4 members (excludes halogenated alkanes) is 2. The van der Waals surface area contributed by atoms with Gasteiger partial charge in [-0.1, -0.05) is 6.42 Å². The summed E-state index contributed by atoms with van der Waals surface area (Å²) in [5.74, 6) is 0.777. The zero-order valence-corrected chi connectivity index (χ0v) is 11.3. The summed E-state index contributed by atoms with van der Waals surface area (Å²) in [5.41, 5.74) is 1.16. The average molecular weight is 247 g/mol. The van der Waals surface area contributed by atoms with Gasteiger partial charge in [-0.15, -0.1) is 22.9 Å². The van der Waals surface area contributed by atoms with Crippen molar-refractivity contribution in [1.82, 2.24) is 4.98 Å². The van der Waals surface area contributed by atoms with Gasteiger partial charge in [-0.3, -0.25) is 0 Å². The predicted octanol–water partition coefficient (Wildman–Crippen LogP) is 3.61. The summed E-state index contributed by atoms with van der Waals surface area (Å²) in [5, 5.41) is 1.14. The number of rotatable bonds is 6. The smallest absolute Gasteiger partial charge is 0.185 e. The minimum atomic E-state index is 0.777. The van der Waals surface area contributed by atoms with Crippen molar-refractivity contribution in [2.24, 2.45) is 0 Å². The number of aromatic nitrogens is 1. The van der Waals surface area contributed by atoms with Gasteiger partial charge in [0.05, 0.1) is 5.69 Å². The lowest BCUT2D eigenvalue weighted by Gasteiger charge is -2.14. The van der Waals surface area contributed by atoms with Gasteiger partial charge in [0.1, 0.15) is 0 Å². The SMILES string of the molecule is Cc1nc(N(C)CCCCCCl)sc1C. The standard InChI is InChI=1S/C11H19ClN2S/c1-9-10(2)15-11(13-9)14(3)8-6-4-5-7-12/h4-8H2,1-3H3. The van der Waals surface area contributed by atoms with E-state index in [-0.39, 0.29) is 0 Å². The van der Waals surface area contributed by atoms with Gasteiger partial charge in [0.2, 0.25) is 0 Å². The van der Waals surface area contributed by atoms with Crippen LogP contribution >= 0.6 is 22.9 Å². The molecule has 2 nitrogen and oxygen atoms in total. The molecule has 1 aromatic rings. The first-order chi connectivity index (χ1) is 7.15. The molecule has 1 heterocycles. The molecule has 0 radical (unpaired) electrons. The summed E-state index contributed by atoms with van der Waals surface area (Å²) >= 11 is 7.41. The van der Waals surface area contributed by atoms with E-state index >= 15 is 0 Å². The van der Waals surface area contributed by atoms with E-state index in [1.165, 1.54) is 17.7 Å². The summed E-state index contributed by atoms with van der Waals surface area (Å²) in [6.07, 6.45) is 3.52. The molecule has 1 rings (SSSR count). The highest BCUT2D eigenvalue weighted by atomic mass is 35.5. The number of alkyl halides is 1. The molecule has 0 aliphatic heterocycles. The monoisotopic (exact) mass is 246 g/mol. The Morgan fingerprint density at radius 3 is 2.53 bits per heavy atom. The van der Waals surface area contributed by atoms with Crippen molar-refractivity contribution in [3.63, 3.8) is 0 Å². The van der Waals surface area contributed by atoms with Crippen LogP contribution in [0, 0.1) is 13.8 Å². The number of hydrogen-bond acceptors (Lipinski definition) is 3. The minimum Gasteiger partial charge on any atom is -0.351 e. The number of thiazole rings is 1. The fourth-order valence-corrected chi connectivity index (χ4v) is 2.42. The Balaban J connectivity index is 2.36. The van der Waals surface area contributed by atoms with Crippen LogP contribution in [0.5, 0.6) is 0 Å². The normalized spacial score (nSPS) is 10.7. The molecular weight excluding hydrogens is 228 g/mol. The maximum Gasteiger partial charge on any atom is 0.185 e. The first kappa shape index (κ1) is 12.8. The molecule has 86 valence electrons. The minimum absolute atomic E-state index is 0.777. The number of anilines is 1. The van der Waals surface area contributed by atoms with Crippen LogP contribution in [-0.4, -0.2) is 24.5 Å². The molecule has 0 fully saturated rings. The molecule has 0 saturated heterocycles. The van der Waals surface area contributed by atoms with Gasteiger partial charge in [0, 0.05) is 24.3 Å². The molecule has 1 aromatic heterocycles. The third kappa shape index (κ3) is 3.99. The molecule has 0 unspecified atom stereocenters. The van der Waals surface area contributed by atoms with Crippen LogP contribution in [0.3, 0.4) is 0 Å². The molecule has 0 atom stereocenters. The van der Waals surface area contributed by atoms with Gasteiger partial charge in [0.25, 0.3) is 0 Å². The van der Waals surface area contributed by atoms with Gasteiger partial charge in [-0.2, -0.15) is 0 Å². The van der Waals surface area contributed by atoms with E-state index in [1.54, 1.807) is 11.3 Å². The second-order valence-corrected chi connectivity index (χ2v) is 5.37. The number of hydrogen-bond donors (Lipinski definition) is 0. The van der Waals surface area contributed by atoms with Crippen LogP contribution in [-0.2, 0) is 0 Å². The van der Waals surface area contributed by atoms with Crippen LogP contribution in [0.4, 0.5) is 5.13 Å². The van der Waals surface area contributed by atoms with Gasteiger partial charge in [-0.05, 0) is 26.7 Å². The molecule has 0 aliphatic carbocycles. The van der Waals surface area contributed by atoms with Crippen molar-refractivity contribution < 1.29 is 0 Å². The molecule has 0 aliphatic rings. The van der Waals surface area contributed by atoms with Gasteiger partial charge >= 0.3 is 0 Å². The Labute approximate surface area is 101 Å². The molecule has 15 heavy (non-hydrogen) atoms. The lowest BCUT2D eigenvalue weighted by atomic mass is 10.2. The Bertz CT molecular complexity index is 279. The summed E-state index contributed by atoms with van der Waals surface area (Å²) in [4.78, 5) is 8.08. The maximum absolute atomic E-state index is 5.63. The lowest BCUT2D eigenvalue weighted by molar-refractivity contribution is 0.706. The van der Waals surface area contributed by atoms with Crippen molar-refractivity contribution >= 4 is 28.1 Å². The molecule has 4 heteroatoms. The predicted molar refractivity (Wildman–Crippen MR) is 69.4 cm³/mol. The molecule has 0 aromatic carbocycles. The lowest BCUT2D eigenvalue weighted by Crippen LogP contribution is -2.18. The number of halogens is 1. The van der Waals surface area contributed by atoms with Crippen molar-refractivity contribution in [2.75, 3.05) is 24.4 Å². The third-order valence-electron chi connectivity index (χ3n) is 2.47. The molecule has 0 bridgehead atoms. The van der Waals surface area contributed by atoms with Crippen molar-refractivity contribution in [1.29, 1.82) is 0 Å². The first-order valence-electron chi connectivity index (χ1n) is 5.36. The van der Waals surface area contributed by atoms with E-state index < -0.39 is 0 Å². The van der Waals surface area contributed by atoms with Gasteiger partial charge < -0.3 is 4.90 Å². The van der Waals surface area contributed by atoms with Crippen LogP contribution in [0.15, 0.2) is 0 Å². The average Bonchev–Trinajstić information content (AvgIpc) is 2.54. The van der Waals surface area contributed by atoms with E-state index in [0.717, 1.165) is 29.7 Å². The van der Waals surface area contributed by atoms with E-state index in [4.69, 9.17) is 11.6 Å². The summed E-state index contributed by atoms with van der Waals surface area (Å²) in [6, 6.07) is 0. The second kappa shape index (κ2) is 6.33. The fourth-order valence-electron chi connectivity index (χ4n) is 1.33. The first-order valence-corrected chi connectivity index (χ1v) is 6.71. The van der Waals surface area contributed by atoms with Crippen molar-refractivity contribution in [3.8, 4) is 0 Å². The molecular formula is C11H19ClN2S. The quantitative estimate of drug-likeness (QED) is 0.563. The Hall–Kier alpha value is -0.280. The van der Waals surface area contributed by atoms with Crippen LogP contribution in [0.25, 0.3) is 0 Å². The highest BCUT2D eigenvalue weighted by Gasteiger charge is 2.07.